The molecular formula is C14H12Br2OS. The lowest BCUT2D eigenvalue weighted by molar-refractivity contribution is 0.681. The maximum Gasteiger partial charge on any atom is 0.116 e. The van der Waals surface area contributed by atoms with Crippen LogP contribution in [-0.4, -0.2) is 4.21 Å². The van der Waals surface area contributed by atoms with Gasteiger partial charge in [0.05, 0.1) is 10.8 Å². The largest absolute Gasteiger partial charge is 0.257 e. The van der Waals surface area contributed by atoms with Crippen molar-refractivity contribution in [3.05, 3.63) is 71.8 Å². The van der Waals surface area contributed by atoms with E-state index in [4.69, 9.17) is 0 Å². The minimum atomic E-state index is -1.08. The molecule has 0 saturated carbocycles. The second-order valence-corrected chi connectivity index (χ2v) is 8.43. The van der Waals surface area contributed by atoms with Gasteiger partial charge in [-0.3, -0.25) is 4.21 Å². The van der Waals surface area contributed by atoms with E-state index in [0.29, 0.717) is 0 Å². The summed E-state index contributed by atoms with van der Waals surface area (Å²) in [4.78, 5) is 0. The Morgan fingerprint density at radius 3 is 1.39 bits per heavy atom. The Hall–Kier alpha value is -0.450. The average Bonchev–Trinajstić information content (AvgIpc) is 2.47. The van der Waals surface area contributed by atoms with Crippen LogP contribution >= 0.6 is 31.9 Å². The molecule has 2 rings (SSSR count). The molecule has 2 atom stereocenters. The van der Waals surface area contributed by atoms with Crippen LogP contribution in [0.5, 0.6) is 0 Å². The predicted octanol–water partition coefficient (Wildman–Crippen LogP) is 4.92. The second kappa shape index (κ2) is 6.64. The molecule has 0 aliphatic rings. The molecule has 18 heavy (non-hydrogen) atoms. The van der Waals surface area contributed by atoms with E-state index in [1.54, 1.807) is 0 Å². The summed E-state index contributed by atoms with van der Waals surface area (Å²) >= 11 is 7.04. The van der Waals surface area contributed by atoms with Crippen molar-refractivity contribution in [2.24, 2.45) is 0 Å². The van der Waals surface area contributed by atoms with Gasteiger partial charge < -0.3 is 0 Å². The summed E-state index contributed by atoms with van der Waals surface area (Å²) in [6.07, 6.45) is 0. The molecule has 0 N–H and O–H groups in total. The van der Waals surface area contributed by atoms with Crippen molar-refractivity contribution in [2.75, 3.05) is 0 Å². The molecule has 2 aromatic carbocycles. The van der Waals surface area contributed by atoms with Crippen molar-refractivity contribution in [3.63, 3.8) is 0 Å². The zero-order valence-corrected chi connectivity index (χ0v) is 13.5. The number of alkyl halides is 2. The standard InChI is InChI=1S/C14H12Br2OS/c15-13(11-7-3-1-4-8-11)18(17)14(16)12-9-5-2-6-10-12/h1-10,13-14H. The van der Waals surface area contributed by atoms with E-state index < -0.39 is 10.8 Å². The molecule has 0 radical (unpaired) electrons. The van der Waals surface area contributed by atoms with Gasteiger partial charge in [-0.15, -0.1) is 0 Å². The molecule has 94 valence electrons. The number of rotatable bonds is 4. The van der Waals surface area contributed by atoms with Crippen LogP contribution in [0.1, 0.15) is 19.4 Å². The quantitative estimate of drug-likeness (QED) is 0.680. The van der Waals surface area contributed by atoms with Gasteiger partial charge in [0.1, 0.15) is 8.32 Å². The molecule has 0 amide bonds. The molecule has 0 aliphatic carbocycles. The first-order valence-corrected chi connectivity index (χ1v) is 8.58. The van der Waals surface area contributed by atoms with Crippen LogP contribution < -0.4 is 0 Å². The van der Waals surface area contributed by atoms with Gasteiger partial charge in [-0.05, 0) is 11.1 Å². The van der Waals surface area contributed by atoms with Crippen LogP contribution in [-0.2, 0) is 10.8 Å². The molecule has 0 spiro atoms. The fraction of sp³-hybridized carbons (Fsp3) is 0.143. The third kappa shape index (κ3) is 3.31. The first kappa shape index (κ1) is 14.0. The summed E-state index contributed by atoms with van der Waals surface area (Å²) in [5.74, 6) is 0. The molecular weight excluding hydrogens is 376 g/mol. The third-order valence-corrected chi connectivity index (χ3v) is 7.16. The second-order valence-electron chi connectivity index (χ2n) is 3.78. The van der Waals surface area contributed by atoms with E-state index >= 15 is 0 Å². The predicted molar refractivity (Wildman–Crippen MR) is 84.4 cm³/mol. The Morgan fingerprint density at radius 2 is 1.06 bits per heavy atom. The monoisotopic (exact) mass is 386 g/mol. The highest BCUT2D eigenvalue weighted by molar-refractivity contribution is 9.12. The maximum atomic E-state index is 12.5. The summed E-state index contributed by atoms with van der Waals surface area (Å²) in [5, 5.41) is 0. The van der Waals surface area contributed by atoms with Gasteiger partial charge in [-0.2, -0.15) is 0 Å². The normalized spacial score (nSPS) is 15.9. The average molecular weight is 388 g/mol. The summed E-state index contributed by atoms with van der Waals surface area (Å²) in [6, 6.07) is 19.6. The highest BCUT2D eigenvalue weighted by atomic mass is 79.9. The first-order chi connectivity index (χ1) is 8.70. The lowest BCUT2D eigenvalue weighted by Crippen LogP contribution is -2.05. The minimum absolute atomic E-state index is 0.178. The van der Waals surface area contributed by atoms with E-state index in [0.717, 1.165) is 11.1 Å². The number of hydrogen-bond donors (Lipinski definition) is 0. The Balaban J connectivity index is 2.17. The molecule has 0 bridgehead atoms. The fourth-order valence-electron chi connectivity index (χ4n) is 1.58. The summed E-state index contributed by atoms with van der Waals surface area (Å²) < 4.78 is 12.1. The lowest BCUT2D eigenvalue weighted by Gasteiger charge is -2.15. The summed E-state index contributed by atoms with van der Waals surface area (Å²) in [5.41, 5.74) is 2.05. The van der Waals surface area contributed by atoms with Crippen LogP contribution in [0.25, 0.3) is 0 Å². The van der Waals surface area contributed by atoms with Gasteiger partial charge >= 0.3 is 0 Å². The van der Waals surface area contributed by atoms with E-state index in [1.807, 2.05) is 60.7 Å². The first-order valence-electron chi connectivity index (χ1n) is 5.47. The third-order valence-electron chi connectivity index (χ3n) is 2.53. The van der Waals surface area contributed by atoms with Crippen molar-refractivity contribution in [1.82, 2.24) is 0 Å². The van der Waals surface area contributed by atoms with Crippen LogP contribution in [0.2, 0.25) is 0 Å². The van der Waals surface area contributed by atoms with Crippen molar-refractivity contribution >= 4 is 42.7 Å². The van der Waals surface area contributed by atoms with E-state index in [-0.39, 0.29) is 8.32 Å². The highest BCUT2D eigenvalue weighted by Crippen LogP contribution is 2.37. The molecule has 0 aromatic heterocycles. The number of benzene rings is 2. The number of halogens is 2. The highest BCUT2D eigenvalue weighted by Gasteiger charge is 2.23. The van der Waals surface area contributed by atoms with Crippen molar-refractivity contribution in [1.29, 1.82) is 0 Å². The van der Waals surface area contributed by atoms with Crippen LogP contribution in [0, 0.1) is 0 Å². The van der Waals surface area contributed by atoms with Gasteiger partial charge in [0, 0.05) is 0 Å². The van der Waals surface area contributed by atoms with Crippen molar-refractivity contribution in [3.8, 4) is 0 Å². The Kier molecular flexibility index (Phi) is 5.15. The zero-order chi connectivity index (χ0) is 13.0. The smallest absolute Gasteiger partial charge is 0.116 e. The van der Waals surface area contributed by atoms with E-state index in [9.17, 15) is 4.21 Å². The molecule has 0 fully saturated rings. The molecule has 2 aromatic rings. The van der Waals surface area contributed by atoms with E-state index in [1.165, 1.54) is 0 Å². The van der Waals surface area contributed by atoms with Crippen molar-refractivity contribution < 1.29 is 4.21 Å². The Morgan fingerprint density at radius 1 is 0.722 bits per heavy atom. The van der Waals surface area contributed by atoms with Crippen molar-refractivity contribution in [2.45, 2.75) is 8.32 Å². The summed E-state index contributed by atoms with van der Waals surface area (Å²) in [7, 11) is -1.08. The van der Waals surface area contributed by atoms with Gasteiger partial charge in [-0.1, -0.05) is 92.5 Å². The van der Waals surface area contributed by atoms with E-state index in [2.05, 4.69) is 31.9 Å². The van der Waals surface area contributed by atoms with Crippen LogP contribution in [0.3, 0.4) is 0 Å². The van der Waals surface area contributed by atoms with Crippen LogP contribution in [0.15, 0.2) is 60.7 Å². The fourth-order valence-corrected chi connectivity index (χ4v) is 5.42. The lowest BCUT2D eigenvalue weighted by atomic mass is 10.2. The minimum Gasteiger partial charge on any atom is -0.257 e. The number of hydrogen-bond acceptors (Lipinski definition) is 1. The van der Waals surface area contributed by atoms with Gasteiger partial charge in [0.15, 0.2) is 0 Å². The maximum absolute atomic E-state index is 12.5. The zero-order valence-electron chi connectivity index (χ0n) is 9.50. The van der Waals surface area contributed by atoms with Gasteiger partial charge in [0.2, 0.25) is 0 Å². The molecule has 0 saturated heterocycles. The molecule has 2 unspecified atom stereocenters. The summed E-state index contributed by atoms with van der Waals surface area (Å²) in [6.45, 7) is 0. The van der Waals surface area contributed by atoms with Gasteiger partial charge in [0.25, 0.3) is 0 Å². The molecule has 4 heteroatoms. The van der Waals surface area contributed by atoms with Gasteiger partial charge in [-0.25, -0.2) is 0 Å². The Bertz CT molecular complexity index is 468. The topological polar surface area (TPSA) is 17.1 Å². The molecule has 0 aliphatic heterocycles. The molecule has 0 heterocycles. The molecule has 1 nitrogen and oxygen atoms in total. The Labute approximate surface area is 126 Å². The SMILES string of the molecule is O=S(C(Br)c1ccccc1)C(Br)c1ccccc1. The van der Waals surface area contributed by atoms with Crippen LogP contribution in [0.4, 0.5) is 0 Å².